The molecule has 0 amide bonds. The van der Waals surface area contributed by atoms with Crippen molar-refractivity contribution in [2.24, 2.45) is 0 Å². The van der Waals surface area contributed by atoms with Crippen LogP contribution in [-0.2, 0) is 11.3 Å². The van der Waals surface area contributed by atoms with E-state index >= 15 is 0 Å². The van der Waals surface area contributed by atoms with Crippen LogP contribution < -0.4 is 0 Å². The van der Waals surface area contributed by atoms with Crippen molar-refractivity contribution < 1.29 is 18.1 Å². The van der Waals surface area contributed by atoms with E-state index in [-0.39, 0.29) is 6.61 Å². The fraction of sp³-hybridized carbons (Fsp3) is 0.400. The van der Waals surface area contributed by atoms with E-state index in [4.69, 9.17) is 18.1 Å². The Morgan fingerprint density at radius 3 is 2.75 bits per heavy atom. The number of hydrogen-bond donors (Lipinski definition) is 1. The van der Waals surface area contributed by atoms with E-state index in [9.17, 15) is 0 Å². The van der Waals surface area contributed by atoms with E-state index in [0.29, 0.717) is 5.56 Å². The van der Waals surface area contributed by atoms with Gasteiger partial charge in [0.25, 0.3) is 0 Å². The van der Waals surface area contributed by atoms with E-state index in [1.807, 2.05) is 0 Å². The Bertz CT molecular complexity index is 387. The quantitative estimate of drug-likeness (QED) is 0.730. The van der Waals surface area contributed by atoms with Gasteiger partial charge in [0, 0.05) is 15.9 Å². The summed E-state index contributed by atoms with van der Waals surface area (Å²) >= 11 is 0. The molecule has 0 heterocycles. The summed E-state index contributed by atoms with van der Waals surface area (Å²) in [4.78, 5) is 0. The standard InChI is InChI=1S/C10H14O2/c11-7-4-8-12-9-10-5-2-1-3-6-10/h1-3,5-6,11H,4,7-9H2/i4D2,7D2,8D2. The molecule has 0 atom stereocenters. The molecule has 0 spiro atoms. The molecule has 1 rings (SSSR count). The second-order valence-electron chi connectivity index (χ2n) is 2.11. The Kier molecular flexibility index (Phi) is 1.87. The highest BCUT2D eigenvalue weighted by Gasteiger charge is 1.90. The molecule has 0 aliphatic rings. The molecule has 12 heavy (non-hydrogen) atoms. The van der Waals surface area contributed by atoms with Crippen LogP contribution in [0.1, 0.15) is 20.2 Å². The van der Waals surface area contributed by atoms with Crippen LogP contribution in [0.3, 0.4) is 0 Å². The molecule has 0 saturated heterocycles. The van der Waals surface area contributed by atoms with Crippen molar-refractivity contribution in [3.63, 3.8) is 0 Å². The van der Waals surface area contributed by atoms with Crippen LogP contribution in [0.4, 0.5) is 0 Å². The van der Waals surface area contributed by atoms with E-state index in [1.54, 1.807) is 30.3 Å². The first-order valence-electron chi connectivity index (χ1n) is 6.48. The monoisotopic (exact) mass is 172 g/mol. The molecular weight excluding hydrogens is 152 g/mol. The minimum atomic E-state index is -3.34. The van der Waals surface area contributed by atoms with E-state index in [1.165, 1.54) is 0 Å². The summed E-state index contributed by atoms with van der Waals surface area (Å²) in [6, 6.07) is 8.53. The zero-order valence-electron chi connectivity index (χ0n) is 12.4. The molecule has 0 aliphatic heterocycles. The van der Waals surface area contributed by atoms with Gasteiger partial charge in [-0.3, -0.25) is 0 Å². The Labute approximate surface area is 81.2 Å². The molecule has 0 unspecified atom stereocenters. The number of rotatable bonds is 5. The highest BCUT2D eigenvalue weighted by atomic mass is 16.5. The first-order valence-corrected chi connectivity index (χ1v) is 3.48. The van der Waals surface area contributed by atoms with Crippen molar-refractivity contribution in [1.82, 2.24) is 0 Å². The summed E-state index contributed by atoms with van der Waals surface area (Å²) in [5.41, 5.74) is 0.621. The predicted molar refractivity (Wildman–Crippen MR) is 47.8 cm³/mol. The van der Waals surface area contributed by atoms with Gasteiger partial charge in [-0.1, -0.05) is 30.3 Å². The van der Waals surface area contributed by atoms with Crippen LogP contribution in [0.15, 0.2) is 30.3 Å². The van der Waals surface area contributed by atoms with Gasteiger partial charge in [0.2, 0.25) is 0 Å². The third-order valence-electron chi connectivity index (χ3n) is 1.26. The topological polar surface area (TPSA) is 29.5 Å². The normalized spacial score (nSPS) is 21.1. The van der Waals surface area contributed by atoms with Gasteiger partial charge >= 0.3 is 0 Å². The molecular formula is C10H14O2. The summed E-state index contributed by atoms with van der Waals surface area (Å²) in [5.74, 6) is 0. The molecule has 0 fully saturated rings. The average molecular weight is 172 g/mol. The third kappa shape index (κ3) is 3.51. The molecule has 1 N–H and O–H groups in total. The van der Waals surface area contributed by atoms with Crippen molar-refractivity contribution in [2.45, 2.75) is 13.0 Å². The summed E-state index contributed by atoms with van der Waals surface area (Å²) in [6.07, 6.45) is -3.19. The third-order valence-corrected chi connectivity index (χ3v) is 1.26. The molecule has 66 valence electrons. The molecule has 0 radical (unpaired) electrons. The lowest BCUT2D eigenvalue weighted by Gasteiger charge is -2.01. The van der Waals surface area contributed by atoms with Crippen LogP contribution in [0.25, 0.3) is 0 Å². The van der Waals surface area contributed by atoms with Crippen LogP contribution in [0, 0.1) is 0 Å². The van der Waals surface area contributed by atoms with Gasteiger partial charge in [0.15, 0.2) is 0 Å². The van der Waals surface area contributed by atoms with Crippen molar-refractivity contribution in [3.05, 3.63) is 35.9 Å². The molecule has 0 saturated carbocycles. The number of ether oxygens (including phenoxy) is 1. The number of aliphatic hydroxyl groups is 1. The first kappa shape index (κ1) is 3.90. The van der Waals surface area contributed by atoms with Gasteiger partial charge in [0.1, 0.15) is 0 Å². The predicted octanol–water partition coefficient (Wildman–Crippen LogP) is 1.59. The zero-order chi connectivity index (χ0) is 14.0. The van der Waals surface area contributed by atoms with Gasteiger partial charge in [0.05, 0.1) is 12.1 Å². The van der Waals surface area contributed by atoms with Gasteiger partial charge in [-0.15, -0.1) is 0 Å². The lowest BCUT2D eigenvalue weighted by atomic mass is 10.2. The molecule has 1 aromatic carbocycles. The maximum absolute atomic E-state index is 9.02. The first-order chi connectivity index (χ1) is 8.08. The Morgan fingerprint density at radius 2 is 2.08 bits per heavy atom. The highest BCUT2D eigenvalue weighted by molar-refractivity contribution is 5.13. The smallest absolute Gasteiger partial charge is 0.0716 e. The van der Waals surface area contributed by atoms with Gasteiger partial charge in [-0.25, -0.2) is 0 Å². The Balaban J connectivity index is 2.77. The van der Waals surface area contributed by atoms with Crippen LogP contribution >= 0.6 is 0 Å². The second-order valence-corrected chi connectivity index (χ2v) is 2.11. The van der Waals surface area contributed by atoms with Crippen LogP contribution in [0.2, 0.25) is 0 Å². The summed E-state index contributed by atoms with van der Waals surface area (Å²) in [7, 11) is 0. The highest BCUT2D eigenvalue weighted by Crippen LogP contribution is 2.00. The van der Waals surface area contributed by atoms with Gasteiger partial charge < -0.3 is 9.84 Å². The summed E-state index contributed by atoms with van der Waals surface area (Å²) < 4.78 is 47.9. The maximum Gasteiger partial charge on any atom is 0.0716 e. The van der Waals surface area contributed by atoms with Gasteiger partial charge in [-0.05, 0) is 11.9 Å². The minimum absolute atomic E-state index is 0.219. The maximum atomic E-state index is 9.02. The second kappa shape index (κ2) is 5.75. The Morgan fingerprint density at radius 1 is 1.33 bits per heavy atom. The SMILES string of the molecule is [2H]C([2H])(O)C([2H])([2H])C([2H])([2H])OCc1ccccc1. The van der Waals surface area contributed by atoms with Gasteiger partial charge in [-0.2, -0.15) is 0 Å². The van der Waals surface area contributed by atoms with Crippen molar-refractivity contribution in [2.75, 3.05) is 13.1 Å². The van der Waals surface area contributed by atoms with Crippen molar-refractivity contribution in [1.29, 1.82) is 0 Å². The minimum Gasteiger partial charge on any atom is -0.396 e. The number of benzene rings is 1. The van der Waals surface area contributed by atoms with Crippen molar-refractivity contribution in [3.8, 4) is 0 Å². The van der Waals surface area contributed by atoms with Crippen LogP contribution in [-0.4, -0.2) is 18.2 Å². The largest absolute Gasteiger partial charge is 0.396 e. The van der Waals surface area contributed by atoms with Crippen molar-refractivity contribution >= 4 is 0 Å². The number of hydrogen-bond acceptors (Lipinski definition) is 2. The summed E-state index contributed by atoms with van der Waals surface area (Å²) in [6.45, 7) is -6.52. The Hall–Kier alpha value is -0.860. The molecule has 2 heteroatoms. The average Bonchev–Trinajstić information content (AvgIpc) is 2.26. The fourth-order valence-corrected chi connectivity index (χ4v) is 0.753. The molecule has 0 aliphatic carbocycles. The van der Waals surface area contributed by atoms with E-state index in [2.05, 4.69) is 0 Å². The lowest BCUT2D eigenvalue weighted by Crippen LogP contribution is -1.97. The van der Waals surface area contributed by atoms with E-state index in [0.717, 1.165) is 0 Å². The lowest BCUT2D eigenvalue weighted by molar-refractivity contribution is 0.104. The molecule has 2 nitrogen and oxygen atoms in total. The molecule has 0 aromatic heterocycles. The van der Waals surface area contributed by atoms with Crippen LogP contribution in [0.5, 0.6) is 0 Å². The fourth-order valence-electron chi connectivity index (χ4n) is 0.753. The molecule has 0 bridgehead atoms. The summed E-state index contributed by atoms with van der Waals surface area (Å²) in [5, 5.41) is 9.02. The van der Waals surface area contributed by atoms with E-state index < -0.39 is 19.5 Å². The molecule has 1 aromatic rings. The zero-order valence-corrected chi connectivity index (χ0v) is 6.45.